The van der Waals surface area contributed by atoms with Gasteiger partial charge in [0.15, 0.2) is 5.65 Å². The first-order valence-electron chi connectivity index (χ1n) is 12.5. The summed E-state index contributed by atoms with van der Waals surface area (Å²) in [6.07, 6.45) is 13.3. The highest BCUT2D eigenvalue weighted by atomic mass is 127. The molecular formula is C26H33IN5O3P. The fourth-order valence-corrected chi connectivity index (χ4v) is 6.34. The van der Waals surface area contributed by atoms with Gasteiger partial charge in [0.1, 0.15) is 15.5 Å². The third-order valence-electron chi connectivity index (χ3n) is 6.69. The van der Waals surface area contributed by atoms with Gasteiger partial charge in [0.2, 0.25) is 5.95 Å². The number of nitrogens with zero attached hydrogens (tertiary/aromatic N) is 4. The van der Waals surface area contributed by atoms with Gasteiger partial charge in [0, 0.05) is 5.70 Å². The first-order chi connectivity index (χ1) is 17.3. The van der Waals surface area contributed by atoms with Gasteiger partial charge in [-0.15, -0.1) is 0 Å². The lowest BCUT2D eigenvalue weighted by atomic mass is 9.79. The molecule has 192 valence electrons. The number of hydrogen-bond donors (Lipinski definition) is 3. The van der Waals surface area contributed by atoms with Crippen molar-refractivity contribution in [3.63, 3.8) is 0 Å². The van der Waals surface area contributed by atoms with Crippen molar-refractivity contribution in [2.24, 2.45) is 5.92 Å². The minimum atomic E-state index is -3.94. The van der Waals surface area contributed by atoms with E-state index < -0.39 is 7.60 Å². The topological polar surface area (TPSA) is 113 Å². The quantitative estimate of drug-likeness (QED) is 0.108. The number of benzene rings is 1. The van der Waals surface area contributed by atoms with Crippen LogP contribution in [0.5, 0.6) is 0 Å². The molecule has 2 aromatic heterocycles. The first-order valence-corrected chi connectivity index (χ1v) is 15.3. The highest BCUT2D eigenvalue weighted by Crippen LogP contribution is 2.44. The van der Waals surface area contributed by atoms with Crippen LogP contribution in [-0.4, -0.2) is 35.5 Å². The van der Waals surface area contributed by atoms with Gasteiger partial charge in [0.05, 0.1) is 11.8 Å². The number of anilines is 1. The van der Waals surface area contributed by atoms with E-state index in [0.717, 1.165) is 64.8 Å². The van der Waals surface area contributed by atoms with Gasteiger partial charge in [-0.1, -0.05) is 38.1 Å². The van der Waals surface area contributed by atoms with Crippen LogP contribution in [0.3, 0.4) is 0 Å². The highest BCUT2D eigenvalue weighted by molar-refractivity contribution is 14.1. The summed E-state index contributed by atoms with van der Waals surface area (Å²) in [5, 5.41) is 3.50. The monoisotopic (exact) mass is 621 g/mol. The van der Waals surface area contributed by atoms with Crippen LogP contribution in [0.2, 0.25) is 0 Å². The fraction of sp³-hybridized carbons (Fsp3) is 0.423. The maximum atomic E-state index is 11.4. The van der Waals surface area contributed by atoms with Crippen molar-refractivity contribution in [2.75, 3.05) is 11.5 Å². The molecule has 0 saturated heterocycles. The summed E-state index contributed by atoms with van der Waals surface area (Å²) in [5.74, 6) is 1.22. The Morgan fingerprint density at radius 3 is 2.53 bits per heavy atom. The first kappa shape index (κ1) is 27.0. The Labute approximate surface area is 225 Å². The van der Waals surface area contributed by atoms with Crippen LogP contribution < -0.4 is 5.32 Å². The van der Waals surface area contributed by atoms with E-state index in [9.17, 15) is 14.4 Å². The number of halogens is 1. The second kappa shape index (κ2) is 12.0. The number of hydrogen-bond acceptors (Lipinski definition) is 5. The van der Waals surface area contributed by atoms with Crippen molar-refractivity contribution < 1.29 is 14.4 Å². The van der Waals surface area contributed by atoms with E-state index in [1.807, 2.05) is 4.57 Å². The van der Waals surface area contributed by atoms with E-state index in [1.54, 1.807) is 6.33 Å². The zero-order valence-corrected chi connectivity index (χ0v) is 23.7. The molecule has 1 saturated carbocycles. The lowest BCUT2D eigenvalue weighted by Gasteiger charge is -2.29. The second-order valence-corrected chi connectivity index (χ2v) is 12.0. The van der Waals surface area contributed by atoms with Crippen LogP contribution in [0.4, 0.5) is 5.95 Å². The smallest absolute Gasteiger partial charge is 0.325 e. The lowest BCUT2D eigenvalue weighted by molar-refractivity contribution is 0.316. The number of allylic oxidation sites excluding steroid dienone is 4. The summed E-state index contributed by atoms with van der Waals surface area (Å²) >= 11 is 2.19. The molecule has 0 spiro atoms. The minimum absolute atomic E-state index is 0.00518. The van der Waals surface area contributed by atoms with E-state index in [0.29, 0.717) is 11.9 Å². The predicted molar refractivity (Wildman–Crippen MR) is 152 cm³/mol. The minimum Gasteiger partial charge on any atom is -0.329 e. The summed E-state index contributed by atoms with van der Waals surface area (Å²) in [6, 6.07) is 8.52. The molecule has 1 aliphatic carbocycles. The van der Waals surface area contributed by atoms with E-state index in [4.69, 9.17) is 4.98 Å². The Hall–Kier alpha value is -2.07. The maximum absolute atomic E-state index is 11.4. The zero-order chi connectivity index (χ0) is 25.7. The molecule has 0 atom stereocenters. The van der Waals surface area contributed by atoms with Gasteiger partial charge in [-0.25, -0.2) is 15.0 Å². The number of nitrogens with one attached hydrogen (secondary N) is 1. The molecule has 8 nitrogen and oxygen atoms in total. The van der Waals surface area contributed by atoms with Crippen molar-refractivity contribution in [3.8, 4) is 5.69 Å². The molecule has 4 rings (SSSR count). The normalized spacial score (nSPS) is 19.3. The average Bonchev–Trinajstić information content (AvgIpc) is 3.22. The molecule has 0 aliphatic heterocycles. The Morgan fingerprint density at radius 2 is 1.89 bits per heavy atom. The van der Waals surface area contributed by atoms with E-state index in [1.165, 1.54) is 5.56 Å². The Morgan fingerprint density at radius 1 is 1.17 bits per heavy atom. The Bertz CT molecular complexity index is 1290. The van der Waals surface area contributed by atoms with E-state index in [-0.39, 0.29) is 12.1 Å². The largest absolute Gasteiger partial charge is 0.329 e. The molecule has 0 radical (unpaired) electrons. The fourth-order valence-electron chi connectivity index (χ4n) is 4.82. The number of fused-ring (bicyclic) bond motifs is 1. The summed E-state index contributed by atoms with van der Waals surface area (Å²) in [6.45, 7) is 4.22. The predicted octanol–water partition coefficient (Wildman–Crippen LogP) is 6.54. The molecule has 10 heteroatoms. The average molecular weight is 621 g/mol. The van der Waals surface area contributed by atoms with Crippen molar-refractivity contribution in [1.82, 2.24) is 19.5 Å². The maximum Gasteiger partial charge on any atom is 0.325 e. The summed E-state index contributed by atoms with van der Waals surface area (Å²) < 4.78 is 14.2. The van der Waals surface area contributed by atoms with Gasteiger partial charge in [0.25, 0.3) is 0 Å². The van der Waals surface area contributed by atoms with E-state index in [2.05, 4.69) is 94.2 Å². The Kier molecular flexibility index (Phi) is 8.98. The molecule has 0 amide bonds. The van der Waals surface area contributed by atoms with Crippen LogP contribution >= 0.6 is 30.2 Å². The zero-order valence-electron chi connectivity index (χ0n) is 20.6. The molecule has 1 fully saturated rings. The molecule has 2 heterocycles. The standard InChI is InChI=1S/C26H33IN5O3P/c1-3-5-6-7-21(4-2)30-26-31-23-24(27)28-17-29-25(23)32(26)22-14-12-20(13-15-22)19-10-8-18(9-11-19)16-36(33,34)35/h5-7,12-15,17-19H,3-4,8-11,16H2,1-2H3,(H,30,31)(H2,33,34,35)/b6-5-,21-7+. The van der Waals surface area contributed by atoms with Gasteiger partial charge in [-0.2, -0.15) is 0 Å². The molecule has 1 aliphatic rings. The van der Waals surface area contributed by atoms with Crippen molar-refractivity contribution in [2.45, 2.75) is 58.3 Å². The van der Waals surface area contributed by atoms with Crippen molar-refractivity contribution in [1.29, 1.82) is 0 Å². The number of aromatic nitrogens is 4. The highest BCUT2D eigenvalue weighted by Gasteiger charge is 2.27. The molecule has 36 heavy (non-hydrogen) atoms. The van der Waals surface area contributed by atoms with Crippen molar-refractivity contribution >= 4 is 47.3 Å². The number of rotatable bonds is 9. The third-order valence-corrected chi connectivity index (χ3v) is 8.47. The van der Waals surface area contributed by atoms with Crippen LogP contribution in [0, 0.1) is 9.62 Å². The van der Waals surface area contributed by atoms with Crippen LogP contribution in [0.25, 0.3) is 16.9 Å². The molecule has 3 N–H and O–H groups in total. The van der Waals surface area contributed by atoms with E-state index >= 15 is 0 Å². The summed E-state index contributed by atoms with van der Waals surface area (Å²) in [5.41, 5.74) is 4.79. The Balaban J connectivity index is 1.60. The van der Waals surface area contributed by atoms with Crippen LogP contribution in [0.15, 0.2) is 54.5 Å². The van der Waals surface area contributed by atoms with Gasteiger partial charge in [-0.3, -0.25) is 9.13 Å². The molecule has 1 aromatic carbocycles. The van der Waals surface area contributed by atoms with Crippen molar-refractivity contribution in [3.05, 3.63) is 63.8 Å². The third kappa shape index (κ3) is 6.62. The summed E-state index contributed by atoms with van der Waals surface area (Å²) in [7, 11) is -3.94. The van der Waals surface area contributed by atoms with Gasteiger partial charge < -0.3 is 15.1 Å². The SMILES string of the molecule is CC/C=C\C=C(/CC)Nc1nc2c(I)ncnc2n1-c1ccc(C2CCC(CP(=O)(O)O)CC2)cc1. The molecular weight excluding hydrogens is 588 g/mol. The van der Waals surface area contributed by atoms with Crippen LogP contribution in [-0.2, 0) is 4.57 Å². The number of imidazole rings is 1. The summed E-state index contributed by atoms with van der Waals surface area (Å²) in [4.78, 5) is 32.3. The van der Waals surface area contributed by atoms with Gasteiger partial charge in [-0.05, 0) is 96.7 Å². The molecule has 0 unspecified atom stereocenters. The second-order valence-electron chi connectivity index (χ2n) is 9.27. The lowest BCUT2D eigenvalue weighted by Crippen LogP contribution is -2.16. The molecule has 3 aromatic rings. The molecule has 0 bridgehead atoms. The van der Waals surface area contributed by atoms with Gasteiger partial charge >= 0.3 is 7.60 Å². The van der Waals surface area contributed by atoms with Crippen LogP contribution in [0.1, 0.15) is 63.9 Å².